The third kappa shape index (κ3) is 6.10. The van der Waals surface area contributed by atoms with Gasteiger partial charge in [0.1, 0.15) is 12.4 Å². The first-order valence-electron chi connectivity index (χ1n) is 9.60. The number of esters is 1. The van der Waals surface area contributed by atoms with Crippen molar-refractivity contribution in [2.24, 2.45) is 0 Å². The summed E-state index contributed by atoms with van der Waals surface area (Å²) in [6.07, 6.45) is 0.0344. The van der Waals surface area contributed by atoms with Crippen molar-refractivity contribution in [3.63, 3.8) is 0 Å². The van der Waals surface area contributed by atoms with Gasteiger partial charge in [-0.05, 0) is 23.8 Å². The van der Waals surface area contributed by atoms with Gasteiger partial charge in [-0.2, -0.15) is 0 Å². The molecule has 0 spiro atoms. The van der Waals surface area contributed by atoms with E-state index in [-0.39, 0.29) is 6.42 Å². The number of nitrogens with one attached hydrogen (secondary N) is 2. The van der Waals surface area contributed by atoms with Gasteiger partial charge in [0.2, 0.25) is 0 Å². The highest BCUT2D eigenvalue weighted by molar-refractivity contribution is 5.90. The summed E-state index contributed by atoms with van der Waals surface area (Å²) in [7, 11) is 1.33. The molecule has 2 amide bonds. The second kappa shape index (κ2) is 10.7. The number of rotatable bonds is 8. The maximum atomic E-state index is 12.7. The number of methoxy groups -OCH3 is 1. The van der Waals surface area contributed by atoms with E-state index in [1.54, 1.807) is 6.07 Å². The molecule has 0 aromatic heterocycles. The molecule has 2 N–H and O–H groups in total. The van der Waals surface area contributed by atoms with Gasteiger partial charge in [-0.3, -0.25) is 4.79 Å². The first kappa shape index (κ1) is 20.9. The van der Waals surface area contributed by atoms with Crippen molar-refractivity contribution >= 4 is 17.7 Å². The molecular formula is C24H24N2O4. The third-order valence-corrected chi connectivity index (χ3v) is 4.51. The van der Waals surface area contributed by atoms with E-state index in [0.717, 1.165) is 16.9 Å². The van der Waals surface area contributed by atoms with Crippen LogP contribution in [0.1, 0.15) is 23.6 Å². The van der Waals surface area contributed by atoms with Crippen LogP contribution in [0.15, 0.2) is 84.9 Å². The number of hydrogen-bond acceptors (Lipinski definition) is 4. The van der Waals surface area contributed by atoms with Crippen LogP contribution in [0.2, 0.25) is 0 Å². The van der Waals surface area contributed by atoms with E-state index in [1.165, 1.54) is 7.11 Å². The Hall–Kier alpha value is -3.80. The summed E-state index contributed by atoms with van der Waals surface area (Å²) in [6, 6.07) is 25.3. The van der Waals surface area contributed by atoms with Crippen molar-refractivity contribution < 1.29 is 19.1 Å². The number of hydrogen-bond donors (Lipinski definition) is 2. The highest BCUT2D eigenvalue weighted by Gasteiger charge is 2.19. The summed E-state index contributed by atoms with van der Waals surface area (Å²) in [5, 5.41) is 5.71. The molecule has 0 saturated carbocycles. The molecule has 3 rings (SSSR count). The van der Waals surface area contributed by atoms with Gasteiger partial charge < -0.3 is 20.1 Å². The number of carbonyl (C=O) groups excluding carboxylic acids is 2. The predicted molar refractivity (Wildman–Crippen MR) is 115 cm³/mol. The Kier molecular flexibility index (Phi) is 7.44. The quantitative estimate of drug-likeness (QED) is 0.534. The van der Waals surface area contributed by atoms with Gasteiger partial charge in [-0.25, -0.2) is 4.79 Å². The normalized spacial score (nSPS) is 11.2. The van der Waals surface area contributed by atoms with Crippen LogP contribution in [0.25, 0.3) is 0 Å². The van der Waals surface area contributed by atoms with Gasteiger partial charge in [0.05, 0.1) is 19.6 Å². The summed E-state index contributed by atoms with van der Waals surface area (Å²) in [6.45, 7) is 0.310. The summed E-state index contributed by atoms with van der Waals surface area (Å²) >= 11 is 0. The lowest BCUT2D eigenvalue weighted by atomic mass is 10.0. The molecule has 6 nitrogen and oxygen atoms in total. The van der Waals surface area contributed by atoms with Crippen molar-refractivity contribution in [1.82, 2.24) is 5.32 Å². The zero-order valence-electron chi connectivity index (χ0n) is 16.7. The van der Waals surface area contributed by atoms with Gasteiger partial charge in [0, 0.05) is 11.3 Å². The number of amides is 2. The maximum Gasteiger partial charge on any atom is 0.319 e. The second-order valence-corrected chi connectivity index (χ2v) is 6.60. The third-order valence-electron chi connectivity index (χ3n) is 4.51. The van der Waals surface area contributed by atoms with Crippen LogP contribution in [0.3, 0.4) is 0 Å². The molecule has 30 heavy (non-hydrogen) atoms. The molecule has 0 bridgehead atoms. The highest BCUT2D eigenvalue weighted by Crippen LogP contribution is 2.20. The molecule has 1 atom stereocenters. The molecule has 1 unspecified atom stereocenters. The van der Waals surface area contributed by atoms with E-state index in [9.17, 15) is 9.59 Å². The minimum Gasteiger partial charge on any atom is -0.489 e. The SMILES string of the molecule is COC(=O)CC(NC(=O)Nc1ccccc1COc1ccccc1)c1ccccc1. The Balaban J connectivity index is 1.67. The lowest BCUT2D eigenvalue weighted by molar-refractivity contribution is -0.141. The Morgan fingerprint density at radius 3 is 2.20 bits per heavy atom. The summed E-state index contributed by atoms with van der Waals surface area (Å²) in [5.41, 5.74) is 2.29. The molecule has 0 radical (unpaired) electrons. The van der Waals surface area contributed by atoms with Crippen LogP contribution < -0.4 is 15.4 Å². The second-order valence-electron chi connectivity index (χ2n) is 6.60. The van der Waals surface area contributed by atoms with E-state index in [2.05, 4.69) is 10.6 Å². The number of benzene rings is 3. The molecule has 3 aromatic rings. The topological polar surface area (TPSA) is 76.7 Å². The lowest BCUT2D eigenvalue weighted by Crippen LogP contribution is -2.34. The van der Waals surface area contributed by atoms with Crippen molar-refractivity contribution in [1.29, 1.82) is 0 Å². The fourth-order valence-electron chi connectivity index (χ4n) is 2.95. The van der Waals surface area contributed by atoms with Crippen molar-refractivity contribution in [3.05, 3.63) is 96.1 Å². The summed E-state index contributed by atoms with van der Waals surface area (Å²) < 4.78 is 10.6. The summed E-state index contributed by atoms with van der Waals surface area (Å²) in [4.78, 5) is 24.5. The highest BCUT2D eigenvalue weighted by atomic mass is 16.5. The molecular weight excluding hydrogens is 380 g/mol. The van der Waals surface area contributed by atoms with Gasteiger partial charge >= 0.3 is 12.0 Å². The zero-order valence-corrected chi connectivity index (χ0v) is 16.7. The predicted octanol–water partition coefficient (Wildman–Crippen LogP) is 4.69. The van der Waals surface area contributed by atoms with Crippen LogP contribution in [0.5, 0.6) is 5.75 Å². The van der Waals surface area contributed by atoms with E-state index in [0.29, 0.717) is 12.3 Å². The molecule has 3 aromatic carbocycles. The van der Waals surface area contributed by atoms with Gasteiger partial charge in [0.25, 0.3) is 0 Å². The lowest BCUT2D eigenvalue weighted by Gasteiger charge is -2.19. The zero-order chi connectivity index (χ0) is 21.2. The van der Waals surface area contributed by atoms with Crippen LogP contribution in [0, 0.1) is 0 Å². The fraction of sp³-hybridized carbons (Fsp3) is 0.167. The Labute approximate surface area is 175 Å². The van der Waals surface area contributed by atoms with Gasteiger partial charge in [0.15, 0.2) is 0 Å². The monoisotopic (exact) mass is 404 g/mol. The fourth-order valence-corrected chi connectivity index (χ4v) is 2.95. The van der Waals surface area contributed by atoms with E-state index >= 15 is 0 Å². The Morgan fingerprint density at radius 2 is 1.50 bits per heavy atom. The number of ether oxygens (including phenoxy) is 2. The van der Waals surface area contributed by atoms with Crippen LogP contribution in [-0.4, -0.2) is 19.1 Å². The maximum absolute atomic E-state index is 12.7. The van der Waals surface area contributed by atoms with Crippen molar-refractivity contribution in [3.8, 4) is 5.75 Å². The van der Waals surface area contributed by atoms with Crippen LogP contribution >= 0.6 is 0 Å². The molecule has 0 aliphatic rings. The van der Waals surface area contributed by atoms with Gasteiger partial charge in [-0.1, -0.05) is 66.7 Å². The number of urea groups is 1. The number of carbonyl (C=O) groups is 2. The minimum atomic E-state index is -0.508. The molecule has 154 valence electrons. The molecule has 0 aliphatic heterocycles. The average Bonchev–Trinajstić information content (AvgIpc) is 2.79. The molecule has 0 heterocycles. The van der Waals surface area contributed by atoms with E-state index in [4.69, 9.17) is 9.47 Å². The van der Waals surface area contributed by atoms with Crippen LogP contribution in [-0.2, 0) is 16.1 Å². The number of anilines is 1. The van der Waals surface area contributed by atoms with Crippen molar-refractivity contribution in [2.75, 3.05) is 12.4 Å². The molecule has 6 heteroatoms. The number of para-hydroxylation sites is 2. The van der Waals surface area contributed by atoms with E-state index in [1.807, 2.05) is 78.9 Å². The minimum absolute atomic E-state index is 0.0344. The first-order valence-corrected chi connectivity index (χ1v) is 9.60. The molecule has 0 saturated heterocycles. The van der Waals surface area contributed by atoms with Gasteiger partial charge in [-0.15, -0.1) is 0 Å². The molecule has 0 aliphatic carbocycles. The first-order chi connectivity index (χ1) is 14.7. The average molecular weight is 404 g/mol. The Morgan fingerprint density at radius 1 is 0.867 bits per heavy atom. The smallest absolute Gasteiger partial charge is 0.319 e. The van der Waals surface area contributed by atoms with Crippen molar-refractivity contribution in [2.45, 2.75) is 19.1 Å². The van der Waals surface area contributed by atoms with Crippen LogP contribution in [0.4, 0.5) is 10.5 Å². The van der Waals surface area contributed by atoms with E-state index < -0.39 is 18.0 Å². The standard InChI is InChI=1S/C24H24N2O4/c1-29-23(27)16-22(18-10-4-2-5-11-18)26-24(28)25-21-15-9-8-12-19(21)17-30-20-13-6-3-7-14-20/h2-15,22H,16-17H2,1H3,(H2,25,26,28). The summed E-state index contributed by atoms with van der Waals surface area (Å²) in [5.74, 6) is 0.347. The Bertz CT molecular complexity index is 961. The molecule has 0 fully saturated rings. The largest absolute Gasteiger partial charge is 0.489 e.